The highest BCUT2D eigenvalue weighted by Gasteiger charge is 2.26. The van der Waals surface area contributed by atoms with E-state index in [0.717, 1.165) is 5.82 Å². The Morgan fingerprint density at radius 1 is 1.16 bits per heavy atom. The molecule has 5 rings (SSSR count). The SMILES string of the molecule is Cc1c(C(=O)N2CCN(c3ccc(C#N)cn3)CC2)cnn1-c1nn2cccc2c(=O)[nH]1. The monoisotopic (exact) mass is 429 g/mol. The number of carbonyl (C=O) groups excluding carboxylic acids is 1. The second-order valence-corrected chi connectivity index (χ2v) is 7.47. The molecule has 11 heteroatoms. The molecule has 0 aromatic carbocycles. The van der Waals surface area contributed by atoms with Crippen molar-refractivity contribution in [3.63, 3.8) is 0 Å². The fourth-order valence-electron chi connectivity index (χ4n) is 3.81. The lowest BCUT2D eigenvalue weighted by molar-refractivity contribution is 0.0745. The summed E-state index contributed by atoms with van der Waals surface area (Å²) in [4.78, 5) is 36.3. The molecule has 1 N–H and O–H groups in total. The summed E-state index contributed by atoms with van der Waals surface area (Å²) in [7, 11) is 0. The number of rotatable bonds is 3. The number of aromatic nitrogens is 6. The average Bonchev–Trinajstić information content (AvgIpc) is 3.45. The van der Waals surface area contributed by atoms with E-state index in [4.69, 9.17) is 5.26 Å². The highest BCUT2D eigenvalue weighted by molar-refractivity contribution is 5.95. The van der Waals surface area contributed by atoms with E-state index in [1.54, 1.807) is 42.4 Å². The molecule has 1 fully saturated rings. The van der Waals surface area contributed by atoms with Crippen molar-refractivity contribution < 1.29 is 4.79 Å². The standard InChI is InChI=1S/C21H19N9O2/c1-14-16(13-24-30(14)21-25-19(31)17-3-2-6-29(17)26-21)20(32)28-9-7-27(8-10-28)18-5-4-15(11-22)12-23-18/h2-6,12-13H,7-10H2,1H3,(H,25,26,31). The van der Waals surface area contributed by atoms with Gasteiger partial charge in [0.2, 0.25) is 5.95 Å². The van der Waals surface area contributed by atoms with Crippen LogP contribution < -0.4 is 10.5 Å². The van der Waals surface area contributed by atoms with E-state index in [1.165, 1.54) is 15.4 Å². The molecule has 0 aliphatic carbocycles. The molecular weight excluding hydrogens is 410 g/mol. The van der Waals surface area contributed by atoms with E-state index >= 15 is 0 Å². The Bertz CT molecular complexity index is 1400. The molecule has 160 valence electrons. The Labute approximate surface area is 182 Å². The summed E-state index contributed by atoms with van der Waals surface area (Å²) in [5, 5.41) is 17.6. The molecule has 1 aliphatic heterocycles. The third-order valence-electron chi connectivity index (χ3n) is 5.60. The van der Waals surface area contributed by atoms with Crippen molar-refractivity contribution in [2.75, 3.05) is 31.1 Å². The number of nitriles is 1. The first kappa shape index (κ1) is 19.5. The first-order valence-electron chi connectivity index (χ1n) is 10.1. The Balaban J connectivity index is 1.32. The summed E-state index contributed by atoms with van der Waals surface area (Å²) < 4.78 is 2.94. The van der Waals surface area contributed by atoms with Gasteiger partial charge in [0.1, 0.15) is 17.4 Å². The molecule has 5 heterocycles. The van der Waals surface area contributed by atoms with Gasteiger partial charge < -0.3 is 9.80 Å². The van der Waals surface area contributed by atoms with Gasteiger partial charge in [-0.05, 0) is 31.2 Å². The molecule has 4 aromatic heterocycles. The van der Waals surface area contributed by atoms with Gasteiger partial charge in [-0.3, -0.25) is 14.6 Å². The van der Waals surface area contributed by atoms with Crippen LogP contribution >= 0.6 is 0 Å². The predicted octanol–water partition coefficient (Wildman–Crippen LogP) is 0.746. The van der Waals surface area contributed by atoms with Gasteiger partial charge in [0, 0.05) is 38.6 Å². The van der Waals surface area contributed by atoms with Crippen LogP contribution in [0, 0.1) is 18.3 Å². The average molecular weight is 429 g/mol. The van der Waals surface area contributed by atoms with Crippen molar-refractivity contribution in [1.29, 1.82) is 5.26 Å². The van der Waals surface area contributed by atoms with Crippen LogP contribution in [-0.4, -0.2) is 66.3 Å². The quantitative estimate of drug-likeness (QED) is 0.509. The largest absolute Gasteiger partial charge is 0.353 e. The number of anilines is 1. The van der Waals surface area contributed by atoms with Crippen LogP contribution in [0.1, 0.15) is 21.6 Å². The molecule has 4 aromatic rings. The lowest BCUT2D eigenvalue weighted by atomic mass is 10.2. The summed E-state index contributed by atoms with van der Waals surface area (Å²) in [5.74, 6) is 0.910. The molecule has 0 unspecified atom stereocenters. The van der Waals surface area contributed by atoms with Crippen LogP contribution in [0.3, 0.4) is 0 Å². The summed E-state index contributed by atoms with van der Waals surface area (Å²) in [6, 6.07) is 9.03. The molecule has 32 heavy (non-hydrogen) atoms. The van der Waals surface area contributed by atoms with Gasteiger partial charge in [-0.25, -0.2) is 14.2 Å². The molecule has 0 saturated carbocycles. The molecule has 0 spiro atoms. The van der Waals surface area contributed by atoms with Gasteiger partial charge in [0.25, 0.3) is 11.5 Å². The van der Waals surface area contributed by atoms with E-state index in [0.29, 0.717) is 48.5 Å². The minimum atomic E-state index is -0.282. The number of piperazine rings is 1. The number of aromatic amines is 1. The third kappa shape index (κ3) is 3.27. The second kappa shape index (κ2) is 7.66. The Hall–Kier alpha value is -4.46. The van der Waals surface area contributed by atoms with Crippen molar-refractivity contribution in [2.24, 2.45) is 0 Å². The number of carbonyl (C=O) groups is 1. The third-order valence-corrected chi connectivity index (χ3v) is 5.60. The normalized spacial score (nSPS) is 14.0. The number of hydrogen-bond donors (Lipinski definition) is 1. The smallest absolute Gasteiger partial charge is 0.276 e. The van der Waals surface area contributed by atoms with E-state index < -0.39 is 0 Å². The summed E-state index contributed by atoms with van der Waals surface area (Å²) >= 11 is 0. The van der Waals surface area contributed by atoms with Crippen molar-refractivity contribution in [3.05, 3.63) is 70.0 Å². The lowest BCUT2D eigenvalue weighted by Crippen LogP contribution is -2.49. The number of fused-ring (bicyclic) bond motifs is 1. The first-order valence-corrected chi connectivity index (χ1v) is 10.1. The fourth-order valence-corrected chi connectivity index (χ4v) is 3.81. The fraction of sp³-hybridized carbons (Fsp3) is 0.238. The molecule has 0 radical (unpaired) electrons. The van der Waals surface area contributed by atoms with Crippen LogP contribution in [0.2, 0.25) is 0 Å². The Morgan fingerprint density at radius 2 is 1.97 bits per heavy atom. The minimum absolute atomic E-state index is 0.120. The molecule has 11 nitrogen and oxygen atoms in total. The number of nitrogens with zero attached hydrogens (tertiary/aromatic N) is 8. The molecule has 1 amide bonds. The number of H-pyrrole nitrogens is 1. The van der Waals surface area contributed by atoms with Crippen LogP contribution in [0.4, 0.5) is 5.82 Å². The molecule has 1 saturated heterocycles. The van der Waals surface area contributed by atoms with Gasteiger partial charge in [-0.15, -0.1) is 5.10 Å². The predicted molar refractivity (Wildman–Crippen MR) is 115 cm³/mol. The summed E-state index contributed by atoms with van der Waals surface area (Å²) in [6.07, 6.45) is 4.74. The van der Waals surface area contributed by atoms with Crippen LogP contribution in [0.15, 0.2) is 47.7 Å². The van der Waals surface area contributed by atoms with Crippen LogP contribution in [0.25, 0.3) is 11.5 Å². The van der Waals surface area contributed by atoms with Crippen molar-refractivity contribution in [3.8, 4) is 12.0 Å². The van der Waals surface area contributed by atoms with Crippen molar-refractivity contribution in [1.82, 2.24) is 34.3 Å². The van der Waals surface area contributed by atoms with Crippen molar-refractivity contribution in [2.45, 2.75) is 6.92 Å². The summed E-state index contributed by atoms with van der Waals surface area (Å²) in [6.45, 7) is 4.12. The van der Waals surface area contributed by atoms with Crippen molar-refractivity contribution >= 4 is 17.2 Å². The van der Waals surface area contributed by atoms with E-state index in [2.05, 4.69) is 31.1 Å². The van der Waals surface area contributed by atoms with Gasteiger partial charge in [-0.1, -0.05) is 0 Å². The zero-order valence-corrected chi connectivity index (χ0v) is 17.3. The van der Waals surface area contributed by atoms with E-state index in [9.17, 15) is 9.59 Å². The minimum Gasteiger partial charge on any atom is -0.353 e. The number of pyridine rings is 1. The highest BCUT2D eigenvalue weighted by atomic mass is 16.2. The lowest BCUT2D eigenvalue weighted by Gasteiger charge is -2.35. The summed E-state index contributed by atoms with van der Waals surface area (Å²) in [5.41, 5.74) is 1.73. The topological polar surface area (TPSA) is 128 Å². The number of hydrogen-bond acceptors (Lipinski definition) is 7. The number of nitrogens with one attached hydrogen (secondary N) is 1. The Morgan fingerprint density at radius 3 is 2.69 bits per heavy atom. The molecule has 0 bridgehead atoms. The zero-order valence-electron chi connectivity index (χ0n) is 17.3. The van der Waals surface area contributed by atoms with Gasteiger partial charge in [-0.2, -0.15) is 10.4 Å². The maximum absolute atomic E-state index is 13.1. The zero-order chi connectivity index (χ0) is 22.2. The number of amides is 1. The highest BCUT2D eigenvalue weighted by Crippen LogP contribution is 2.18. The maximum Gasteiger partial charge on any atom is 0.276 e. The van der Waals surface area contributed by atoms with E-state index in [1.807, 2.05) is 6.07 Å². The van der Waals surface area contributed by atoms with Gasteiger partial charge in [0.15, 0.2) is 0 Å². The second-order valence-electron chi connectivity index (χ2n) is 7.47. The van der Waals surface area contributed by atoms with E-state index in [-0.39, 0.29) is 17.4 Å². The molecular formula is C21H19N9O2. The van der Waals surface area contributed by atoms with Crippen LogP contribution in [0.5, 0.6) is 0 Å². The van der Waals surface area contributed by atoms with Crippen LogP contribution in [-0.2, 0) is 0 Å². The molecule has 0 atom stereocenters. The first-order chi connectivity index (χ1) is 15.5. The van der Waals surface area contributed by atoms with Gasteiger partial charge in [0.05, 0.1) is 23.0 Å². The maximum atomic E-state index is 13.1. The molecule has 1 aliphatic rings. The van der Waals surface area contributed by atoms with Gasteiger partial charge >= 0.3 is 0 Å². The Kier molecular flexibility index (Phi) is 4.67.